The number of amides is 1. The van der Waals surface area contributed by atoms with Gasteiger partial charge in [-0.2, -0.15) is 0 Å². The summed E-state index contributed by atoms with van der Waals surface area (Å²) in [6.07, 6.45) is 16.6. The van der Waals surface area contributed by atoms with E-state index in [-0.39, 0.29) is 11.8 Å². The highest BCUT2D eigenvalue weighted by atomic mass is 35.5. The first-order valence-electron chi connectivity index (χ1n) is 19.8. The van der Waals surface area contributed by atoms with Gasteiger partial charge in [-0.15, -0.1) is 0 Å². The van der Waals surface area contributed by atoms with Gasteiger partial charge in [-0.1, -0.05) is 69.4 Å². The molecule has 7 nitrogen and oxygen atoms in total. The number of halogens is 1. The van der Waals surface area contributed by atoms with Crippen molar-refractivity contribution in [2.24, 2.45) is 35.5 Å². The number of likely N-dealkylation sites (tertiary alicyclic amines) is 1. The van der Waals surface area contributed by atoms with Gasteiger partial charge in [0, 0.05) is 42.7 Å². The van der Waals surface area contributed by atoms with Crippen LogP contribution in [0.1, 0.15) is 106 Å². The lowest BCUT2D eigenvalue weighted by molar-refractivity contribution is 0.0508. The molecule has 0 aromatic heterocycles. The van der Waals surface area contributed by atoms with E-state index in [4.69, 9.17) is 16.3 Å². The molecule has 2 aromatic rings. The summed E-state index contributed by atoms with van der Waals surface area (Å²) < 4.78 is 36.0. The molecule has 278 valence electrons. The number of rotatable bonds is 5. The molecular formula is C42H58ClN3O4S. The number of allylic oxidation sites excluding steroid dienone is 1. The third-order valence-electron chi connectivity index (χ3n) is 13.2. The van der Waals surface area contributed by atoms with Gasteiger partial charge in [0.15, 0.2) is 0 Å². The van der Waals surface area contributed by atoms with E-state index in [1.807, 2.05) is 25.1 Å². The highest BCUT2D eigenvalue weighted by molar-refractivity contribution is 7.90. The van der Waals surface area contributed by atoms with E-state index < -0.39 is 21.2 Å². The van der Waals surface area contributed by atoms with Crippen LogP contribution in [-0.2, 0) is 16.4 Å². The van der Waals surface area contributed by atoms with Crippen LogP contribution in [0.25, 0.3) is 0 Å². The van der Waals surface area contributed by atoms with Crippen molar-refractivity contribution in [3.8, 4) is 5.75 Å². The van der Waals surface area contributed by atoms with E-state index in [1.54, 1.807) is 13.0 Å². The Bertz CT molecular complexity index is 1700. The minimum atomic E-state index is -3.89. The molecule has 0 radical (unpaired) electrons. The van der Waals surface area contributed by atoms with Crippen LogP contribution in [0, 0.1) is 35.5 Å². The SMILES string of the molecule is CCCc1cc(Cl)ccc1[C@@H]1COc2ccc3cc2N(C1)C[C@@H]1CC[C@H]1[C@@H](CN1CC[C@@H]2CCCC[C@H]2C1)/C=C/C[C@H](C)[C@@H](C)S(=O)(=O)NC3=O. The summed E-state index contributed by atoms with van der Waals surface area (Å²) in [4.78, 5) is 18.8. The van der Waals surface area contributed by atoms with E-state index in [9.17, 15) is 13.2 Å². The predicted molar refractivity (Wildman–Crippen MR) is 207 cm³/mol. The maximum Gasteiger partial charge on any atom is 0.264 e. The maximum absolute atomic E-state index is 13.6. The van der Waals surface area contributed by atoms with Gasteiger partial charge in [-0.25, -0.2) is 13.1 Å². The molecule has 0 unspecified atom stereocenters. The van der Waals surface area contributed by atoms with Crippen molar-refractivity contribution in [3.05, 3.63) is 70.3 Å². The monoisotopic (exact) mass is 735 g/mol. The van der Waals surface area contributed by atoms with E-state index in [2.05, 4.69) is 45.7 Å². The highest BCUT2D eigenvalue weighted by Gasteiger charge is 2.41. The number of hydrogen-bond acceptors (Lipinski definition) is 6. The molecule has 2 aliphatic carbocycles. The molecule has 51 heavy (non-hydrogen) atoms. The van der Waals surface area contributed by atoms with E-state index in [0.29, 0.717) is 36.3 Å². The summed E-state index contributed by atoms with van der Waals surface area (Å²) in [6, 6.07) is 11.7. The van der Waals surface area contributed by atoms with Crippen molar-refractivity contribution in [1.82, 2.24) is 9.62 Å². The Labute approximate surface area is 311 Å². The van der Waals surface area contributed by atoms with Crippen molar-refractivity contribution in [2.45, 2.75) is 96.1 Å². The number of carbonyl (C=O) groups is 1. The number of nitrogens with zero attached hydrogens (tertiary/aromatic N) is 2. The third-order valence-corrected chi connectivity index (χ3v) is 15.4. The molecule has 3 fully saturated rings. The van der Waals surface area contributed by atoms with E-state index in [1.165, 1.54) is 69.2 Å². The molecule has 3 heterocycles. The van der Waals surface area contributed by atoms with Crippen molar-refractivity contribution in [3.63, 3.8) is 0 Å². The van der Waals surface area contributed by atoms with Crippen LogP contribution in [-0.4, -0.2) is 63.8 Å². The van der Waals surface area contributed by atoms with Crippen LogP contribution in [0.5, 0.6) is 5.75 Å². The number of sulfonamides is 1. The summed E-state index contributed by atoms with van der Waals surface area (Å²) in [5.74, 6) is 3.38. The van der Waals surface area contributed by atoms with Crippen LogP contribution in [0.2, 0.25) is 5.02 Å². The maximum atomic E-state index is 13.6. The van der Waals surface area contributed by atoms with Gasteiger partial charge in [0.2, 0.25) is 10.0 Å². The first-order chi connectivity index (χ1) is 24.6. The minimum absolute atomic E-state index is 0.118. The molecule has 8 atom stereocenters. The first-order valence-corrected chi connectivity index (χ1v) is 21.8. The molecule has 9 heteroatoms. The van der Waals surface area contributed by atoms with Crippen molar-refractivity contribution < 1.29 is 17.9 Å². The standard InChI is InChI=1S/C42H58ClN3O4S/c1-4-8-31-21-37(43)15-17-38(31)36-26-46-25-35-13-16-39(35)34(24-45-20-19-30-10-5-6-11-33(30)23-45)12-7-9-28(2)29(3)51(48,49)44-42(47)32-14-18-41(50-27-36)40(46)22-32/h7,12,14-15,17-18,21-22,28-30,33-36,39H,4-6,8-11,13,16,19-20,23-27H2,1-3H3,(H,44,47)/b12-7+/t28-,29+,30-,33-,34+,35-,36-,39-/m0/s1. The molecule has 3 aliphatic heterocycles. The average Bonchev–Trinajstić information content (AvgIpc) is 3.28. The number of nitrogens with one attached hydrogen (secondary N) is 1. The molecule has 1 saturated heterocycles. The molecule has 7 rings (SSSR count). The molecule has 2 bridgehead atoms. The topological polar surface area (TPSA) is 79.0 Å². The Morgan fingerprint density at radius 2 is 1.76 bits per heavy atom. The minimum Gasteiger partial charge on any atom is -0.491 e. The lowest BCUT2D eigenvalue weighted by Gasteiger charge is -2.47. The molecule has 0 spiro atoms. The second kappa shape index (κ2) is 15.8. The van der Waals surface area contributed by atoms with E-state index in [0.717, 1.165) is 60.8 Å². The van der Waals surface area contributed by atoms with Crippen LogP contribution in [0.3, 0.4) is 0 Å². The summed E-state index contributed by atoms with van der Waals surface area (Å²) in [5.41, 5.74) is 3.74. The number of aryl methyl sites for hydroxylation is 1. The molecule has 1 amide bonds. The Balaban J connectivity index is 1.22. The normalized spacial score (nSPS) is 33.4. The lowest BCUT2D eigenvalue weighted by Crippen LogP contribution is -2.48. The van der Waals surface area contributed by atoms with Gasteiger partial charge >= 0.3 is 0 Å². The van der Waals surface area contributed by atoms with Crippen LogP contribution >= 0.6 is 11.6 Å². The quantitative estimate of drug-likeness (QED) is 0.311. The van der Waals surface area contributed by atoms with Gasteiger partial charge in [0.05, 0.1) is 17.5 Å². The summed E-state index contributed by atoms with van der Waals surface area (Å²) in [7, 11) is -3.89. The third kappa shape index (κ3) is 8.18. The van der Waals surface area contributed by atoms with Gasteiger partial charge in [0.25, 0.3) is 5.91 Å². The second-order valence-corrected chi connectivity index (χ2v) is 19.0. The van der Waals surface area contributed by atoms with Gasteiger partial charge in [-0.3, -0.25) is 4.79 Å². The Kier molecular flexibility index (Phi) is 11.4. The number of piperidine rings is 1. The molecule has 2 aromatic carbocycles. The van der Waals surface area contributed by atoms with E-state index >= 15 is 0 Å². The van der Waals surface area contributed by atoms with Crippen LogP contribution in [0.15, 0.2) is 48.6 Å². The summed E-state index contributed by atoms with van der Waals surface area (Å²) >= 11 is 6.49. The number of ether oxygens (including phenoxy) is 1. The van der Waals surface area contributed by atoms with Crippen molar-refractivity contribution in [2.75, 3.05) is 44.2 Å². The zero-order chi connectivity index (χ0) is 35.7. The Morgan fingerprint density at radius 3 is 2.55 bits per heavy atom. The molecule has 1 N–H and O–H groups in total. The fourth-order valence-electron chi connectivity index (χ4n) is 9.85. The van der Waals surface area contributed by atoms with Gasteiger partial charge in [0.1, 0.15) is 5.75 Å². The Hall–Kier alpha value is -2.55. The zero-order valence-electron chi connectivity index (χ0n) is 30.9. The second-order valence-electron chi connectivity index (χ2n) is 16.5. The highest BCUT2D eigenvalue weighted by Crippen LogP contribution is 2.45. The first kappa shape index (κ1) is 36.8. The average molecular weight is 736 g/mol. The Morgan fingerprint density at radius 1 is 0.941 bits per heavy atom. The smallest absolute Gasteiger partial charge is 0.264 e. The summed E-state index contributed by atoms with van der Waals surface area (Å²) in [5, 5.41) is 0.0424. The number of benzene rings is 2. The fraction of sp³-hybridized carbons (Fsp3) is 0.643. The van der Waals surface area contributed by atoms with Crippen LogP contribution in [0.4, 0.5) is 5.69 Å². The molecule has 2 saturated carbocycles. The predicted octanol–water partition coefficient (Wildman–Crippen LogP) is 8.47. The van der Waals surface area contributed by atoms with Crippen molar-refractivity contribution in [1.29, 1.82) is 0 Å². The van der Waals surface area contributed by atoms with Gasteiger partial charge in [-0.05, 0) is 129 Å². The zero-order valence-corrected chi connectivity index (χ0v) is 32.4. The largest absolute Gasteiger partial charge is 0.491 e. The molecule has 5 aliphatic rings. The summed E-state index contributed by atoms with van der Waals surface area (Å²) in [6.45, 7) is 11.5. The van der Waals surface area contributed by atoms with Crippen molar-refractivity contribution >= 4 is 33.2 Å². The molecular weight excluding hydrogens is 678 g/mol. The van der Waals surface area contributed by atoms with Gasteiger partial charge < -0.3 is 14.5 Å². The lowest BCUT2D eigenvalue weighted by atomic mass is 9.66. The number of hydrogen-bond donors (Lipinski definition) is 1. The number of anilines is 1. The fourth-order valence-corrected chi connectivity index (χ4v) is 11.3. The van der Waals surface area contributed by atoms with Crippen LogP contribution < -0.4 is 14.4 Å². The number of fused-ring (bicyclic) bond motifs is 3. The number of carbonyl (C=O) groups excluding carboxylic acids is 1.